The Bertz CT molecular complexity index is 761. The lowest BCUT2D eigenvalue weighted by atomic mass is 10.0. The van der Waals surface area contributed by atoms with E-state index in [1.807, 2.05) is 30.3 Å². The molecule has 0 amide bonds. The van der Waals surface area contributed by atoms with Gasteiger partial charge in [0, 0.05) is 12.6 Å². The van der Waals surface area contributed by atoms with Crippen molar-refractivity contribution in [2.75, 3.05) is 7.11 Å². The van der Waals surface area contributed by atoms with Crippen LogP contribution in [-0.2, 0) is 17.7 Å². The zero-order valence-corrected chi connectivity index (χ0v) is 12.7. The molecule has 0 aliphatic carbocycles. The fraction of sp³-hybridized carbons (Fsp3) is 0.176. The highest BCUT2D eigenvalue weighted by Gasteiger charge is 2.09. The summed E-state index contributed by atoms with van der Waals surface area (Å²) in [5.41, 5.74) is 8.05. The molecule has 0 atom stereocenters. The van der Waals surface area contributed by atoms with Crippen LogP contribution in [0.15, 0.2) is 47.6 Å². The monoisotopic (exact) mass is 308 g/mol. The Morgan fingerprint density at radius 2 is 2.13 bits per heavy atom. The molecule has 1 heterocycles. The minimum Gasteiger partial charge on any atom is -0.469 e. The van der Waals surface area contributed by atoms with Gasteiger partial charge in [-0.15, -0.1) is 0 Å². The molecule has 6 heteroatoms. The van der Waals surface area contributed by atoms with Gasteiger partial charge in [-0.1, -0.05) is 24.3 Å². The Morgan fingerprint density at radius 1 is 1.35 bits per heavy atom. The maximum Gasteiger partial charge on any atom is 0.281 e. The first-order valence-electron chi connectivity index (χ1n) is 6.93. The molecule has 0 spiro atoms. The van der Waals surface area contributed by atoms with Gasteiger partial charge in [0.1, 0.15) is 11.8 Å². The molecule has 0 saturated heterocycles. The summed E-state index contributed by atoms with van der Waals surface area (Å²) in [4.78, 5) is 20.3. The number of rotatable bonds is 5. The summed E-state index contributed by atoms with van der Waals surface area (Å²) in [6.07, 6.45) is 1.63. The van der Waals surface area contributed by atoms with E-state index in [-0.39, 0.29) is 18.2 Å². The Kier molecular flexibility index (Phi) is 5.42. The van der Waals surface area contributed by atoms with Gasteiger partial charge >= 0.3 is 0 Å². The first kappa shape index (κ1) is 16.2. The number of hydrogen-bond donors (Lipinski definition) is 1. The van der Waals surface area contributed by atoms with Crippen molar-refractivity contribution in [3.05, 3.63) is 65.0 Å². The zero-order valence-electron chi connectivity index (χ0n) is 12.7. The summed E-state index contributed by atoms with van der Waals surface area (Å²) in [6.45, 7) is 0.386. The third-order valence-corrected chi connectivity index (χ3v) is 3.16. The van der Waals surface area contributed by atoms with Crippen molar-refractivity contribution in [2.24, 2.45) is 10.7 Å². The van der Waals surface area contributed by atoms with Crippen molar-refractivity contribution in [2.45, 2.75) is 13.0 Å². The molecule has 1 aromatic carbocycles. The molecule has 0 fully saturated rings. The molecule has 0 bridgehead atoms. The number of nitrogens with two attached hydrogens (primary N) is 1. The molecule has 2 aromatic rings. The van der Waals surface area contributed by atoms with Gasteiger partial charge in [-0.2, -0.15) is 5.26 Å². The number of nitriles is 1. The van der Waals surface area contributed by atoms with Crippen LogP contribution in [0.1, 0.15) is 27.2 Å². The topological polar surface area (TPSA) is 101 Å². The summed E-state index contributed by atoms with van der Waals surface area (Å²) in [7, 11) is 1.46. The molecule has 116 valence electrons. The Balaban J connectivity index is 2.07. The van der Waals surface area contributed by atoms with Crippen LogP contribution in [0.25, 0.3) is 0 Å². The van der Waals surface area contributed by atoms with Crippen LogP contribution in [0.3, 0.4) is 0 Å². The predicted molar refractivity (Wildman–Crippen MR) is 85.8 cm³/mol. The molecular formula is C17H16N4O2. The van der Waals surface area contributed by atoms with Gasteiger partial charge in [0.25, 0.3) is 6.02 Å². The lowest BCUT2D eigenvalue weighted by molar-refractivity contribution is 0.0988. The average molecular weight is 308 g/mol. The second-order valence-electron chi connectivity index (χ2n) is 4.82. The second kappa shape index (κ2) is 7.71. The van der Waals surface area contributed by atoms with Crippen LogP contribution < -0.4 is 5.73 Å². The first-order valence-corrected chi connectivity index (χ1v) is 6.93. The van der Waals surface area contributed by atoms with E-state index in [4.69, 9.17) is 15.7 Å². The molecule has 0 radical (unpaired) electrons. The van der Waals surface area contributed by atoms with Crippen molar-refractivity contribution in [1.29, 1.82) is 5.26 Å². The molecule has 2 rings (SSSR count). The third-order valence-electron chi connectivity index (χ3n) is 3.16. The fourth-order valence-electron chi connectivity index (χ4n) is 1.97. The van der Waals surface area contributed by atoms with E-state index in [9.17, 15) is 4.79 Å². The first-order chi connectivity index (χ1) is 11.1. The van der Waals surface area contributed by atoms with E-state index in [0.717, 1.165) is 11.1 Å². The summed E-state index contributed by atoms with van der Waals surface area (Å²) < 4.78 is 4.79. The smallest absolute Gasteiger partial charge is 0.281 e. The minimum atomic E-state index is -0.105. The number of aromatic nitrogens is 1. The summed E-state index contributed by atoms with van der Waals surface area (Å²) in [5, 5.41) is 8.74. The molecule has 0 unspecified atom stereocenters. The van der Waals surface area contributed by atoms with E-state index < -0.39 is 0 Å². The number of ketones is 1. The lowest BCUT2D eigenvalue weighted by Crippen LogP contribution is -2.13. The van der Waals surface area contributed by atoms with Crippen LogP contribution >= 0.6 is 0 Å². The van der Waals surface area contributed by atoms with E-state index in [1.54, 1.807) is 12.1 Å². The second-order valence-corrected chi connectivity index (χ2v) is 4.82. The maximum absolute atomic E-state index is 12.2. The number of Topliss-reactive ketones (excluding diaryl/α,β-unsaturated/α-hetero) is 1. The number of nitrogens with zero attached hydrogens (tertiary/aromatic N) is 3. The normalized spacial score (nSPS) is 10.9. The van der Waals surface area contributed by atoms with Crippen LogP contribution in [0.5, 0.6) is 0 Å². The number of benzene rings is 1. The largest absolute Gasteiger partial charge is 0.469 e. The molecule has 0 aliphatic heterocycles. The number of carbonyl (C=O) groups excluding carboxylic acids is 1. The molecule has 23 heavy (non-hydrogen) atoms. The van der Waals surface area contributed by atoms with Gasteiger partial charge in [0.2, 0.25) is 0 Å². The molecule has 0 saturated carbocycles. The highest BCUT2D eigenvalue weighted by atomic mass is 16.5. The number of aliphatic imine (C=N–C) groups is 1. The number of ether oxygens (including phenoxy) is 1. The predicted octanol–water partition coefficient (Wildman–Crippen LogP) is 1.84. The summed E-state index contributed by atoms with van der Waals surface area (Å²) >= 11 is 0. The highest BCUT2D eigenvalue weighted by Crippen LogP contribution is 2.10. The van der Waals surface area contributed by atoms with Crippen LogP contribution in [0.4, 0.5) is 0 Å². The summed E-state index contributed by atoms with van der Waals surface area (Å²) in [6, 6.07) is 12.8. The molecule has 2 N–H and O–H groups in total. The van der Waals surface area contributed by atoms with E-state index >= 15 is 0 Å². The SMILES string of the molecule is COC(N)=NCc1cccc(CC(=O)c2ccc(C#N)cn2)c1. The van der Waals surface area contributed by atoms with Crippen LogP contribution in [0.2, 0.25) is 0 Å². The molecule has 0 aliphatic rings. The van der Waals surface area contributed by atoms with Gasteiger partial charge in [0.15, 0.2) is 5.78 Å². The molecule has 6 nitrogen and oxygen atoms in total. The number of carbonyl (C=O) groups is 1. The van der Waals surface area contributed by atoms with Crippen molar-refractivity contribution in [3.63, 3.8) is 0 Å². The standard InChI is InChI=1S/C17H16N4O2/c1-23-17(19)21-10-13-4-2-3-12(7-13)8-16(22)15-6-5-14(9-18)11-20-15/h2-7,11H,8,10H2,1H3,(H2,19,21). The lowest BCUT2D eigenvalue weighted by Gasteiger charge is -2.04. The van der Waals surface area contributed by atoms with E-state index in [2.05, 4.69) is 9.98 Å². The quantitative estimate of drug-likeness (QED) is 0.516. The Labute approximate surface area is 134 Å². The third kappa shape index (κ3) is 4.64. The average Bonchev–Trinajstić information content (AvgIpc) is 2.60. The van der Waals surface area contributed by atoms with Gasteiger partial charge in [-0.3, -0.25) is 9.78 Å². The van der Waals surface area contributed by atoms with Crippen molar-refractivity contribution < 1.29 is 9.53 Å². The molecular weight excluding hydrogens is 292 g/mol. The Hall–Kier alpha value is -3.20. The van der Waals surface area contributed by atoms with Gasteiger partial charge in [-0.25, -0.2) is 4.99 Å². The summed E-state index contributed by atoms with van der Waals surface area (Å²) in [5.74, 6) is -0.105. The highest BCUT2D eigenvalue weighted by molar-refractivity contribution is 5.95. The van der Waals surface area contributed by atoms with Crippen molar-refractivity contribution >= 4 is 11.8 Å². The zero-order chi connectivity index (χ0) is 16.7. The van der Waals surface area contributed by atoms with Crippen molar-refractivity contribution in [3.8, 4) is 6.07 Å². The van der Waals surface area contributed by atoms with Gasteiger partial charge in [0.05, 0.1) is 19.2 Å². The fourth-order valence-corrected chi connectivity index (χ4v) is 1.97. The Morgan fingerprint density at radius 3 is 2.78 bits per heavy atom. The van der Waals surface area contributed by atoms with Crippen LogP contribution in [-0.4, -0.2) is 23.9 Å². The number of pyridine rings is 1. The van der Waals surface area contributed by atoms with Crippen LogP contribution in [0, 0.1) is 11.3 Å². The van der Waals surface area contributed by atoms with Gasteiger partial charge in [-0.05, 0) is 23.3 Å². The van der Waals surface area contributed by atoms with Gasteiger partial charge < -0.3 is 10.5 Å². The minimum absolute atomic E-state index is 0.105. The number of methoxy groups -OCH3 is 1. The van der Waals surface area contributed by atoms with E-state index in [1.165, 1.54) is 13.3 Å². The van der Waals surface area contributed by atoms with E-state index in [0.29, 0.717) is 17.8 Å². The molecule has 1 aromatic heterocycles. The maximum atomic E-state index is 12.2. The van der Waals surface area contributed by atoms with Crippen molar-refractivity contribution in [1.82, 2.24) is 4.98 Å². The number of amidine groups is 1. The number of hydrogen-bond acceptors (Lipinski definition) is 5.